The smallest absolute Gasteiger partial charge is 0.340 e. The zero-order chi connectivity index (χ0) is 15.9. The minimum absolute atomic E-state index is 0.289. The third-order valence-electron chi connectivity index (χ3n) is 2.90. The highest BCUT2D eigenvalue weighted by Crippen LogP contribution is 2.11. The average Bonchev–Trinajstić information content (AvgIpc) is 2.53. The summed E-state index contributed by atoms with van der Waals surface area (Å²) < 4.78 is 5.80. The molecule has 22 heavy (non-hydrogen) atoms. The summed E-state index contributed by atoms with van der Waals surface area (Å²) in [6.45, 7) is 1.92. The van der Waals surface area contributed by atoms with E-state index in [1.807, 2.05) is 30.3 Å². The Morgan fingerprint density at radius 3 is 2.68 bits per heavy atom. The molecule has 114 valence electrons. The van der Waals surface area contributed by atoms with Crippen molar-refractivity contribution in [2.24, 2.45) is 0 Å². The van der Waals surface area contributed by atoms with Crippen LogP contribution in [0.4, 0.5) is 0 Å². The summed E-state index contributed by atoms with van der Waals surface area (Å²) in [7, 11) is 0. The lowest BCUT2D eigenvalue weighted by atomic mass is 10.2. The Kier molecular flexibility index (Phi) is 5.66. The molecule has 0 spiro atoms. The lowest BCUT2D eigenvalue weighted by Gasteiger charge is -2.13. The first-order chi connectivity index (χ1) is 10.6. The number of amides is 1. The van der Waals surface area contributed by atoms with Crippen LogP contribution in [0.3, 0.4) is 0 Å². The van der Waals surface area contributed by atoms with E-state index in [1.54, 1.807) is 12.3 Å². The SMILES string of the molecule is C[C@H](OC(=O)c1cncc(Br)c1)C(=O)NCc1ccccc1. The van der Waals surface area contributed by atoms with Crippen LogP contribution in [0.1, 0.15) is 22.8 Å². The number of nitrogens with zero attached hydrogens (tertiary/aromatic N) is 1. The number of nitrogens with one attached hydrogen (secondary N) is 1. The van der Waals surface area contributed by atoms with Gasteiger partial charge in [-0.15, -0.1) is 0 Å². The molecule has 2 rings (SSSR count). The van der Waals surface area contributed by atoms with Crippen LogP contribution in [0.5, 0.6) is 0 Å². The van der Waals surface area contributed by atoms with E-state index in [0.717, 1.165) is 5.56 Å². The first-order valence-corrected chi connectivity index (χ1v) is 7.48. The Morgan fingerprint density at radius 2 is 2.00 bits per heavy atom. The summed E-state index contributed by atoms with van der Waals surface area (Å²) in [6, 6.07) is 11.1. The minimum atomic E-state index is -0.879. The number of hydrogen-bond donors (Lipinski definition) is 1. The summed E-state index contributed by atoms with van der Waals surface area (Å²) in [5, 5.41) is 2.73. The number of aromatic nitrogens is 1. The van der Waals surface area contributed by atoms with Gasteiger partial charge in [-0.25, -0.2) is 4.79 Å². The van der Waals surface area contributed by atoms with Gasteiger partial charge in [0.2, 0.25) is 0 Å². The van der Waals surface area contributed by atoms with Gasteiger partial charge in [0.1, 0.15) is 0 Å². The van der Waals surface area contributed by atoms with Crippen molar-refractivity contribution in [2.45, 2.75) is 19.6 Å². The molecule has 0 aliphatic heterocycles. The van der Waals surface area contributed by atoms with E-state index in [-0.39, 0.29) is 11.5 Å². The second kappa shape index (κ2) is 7.70. The predicted octanol–water partition coefficient (Wildman–Crippen LogP) is 2.71. The van der Waals surface area contributed by atoms with E-state index >= 15 is 0 Å². The number of esters is 1. The van der Waals surface area contributed by atoms with Gasteiger partial charge >= 0.3 is 5.97 Å². The minimum Gasteiger partial charge on any atom is -0.449 e. The number of benzene rings is 1. The summed E-state index contributed by atoms with van der Waals surface area (Å²) in [4.78, 5) is 27.7. The van der Waals surface area contributed by atoms with E-state index in [1.165, 1.54) is 13.1 Å². The average molecular weight is 363 g/mol. The Labute approximate surface area is 136 Å². The Hall–Kier alpha value is -2.21. The Morgan fingerprint density at radius 1 is 1.27 bits per heavy atom. The maximum absolute atomic E-state index is 11.9. The van der Waals surface area contributed by atoms with Gasteiger partial charge in [0.15, 0.2) is 6.10 Å². The number of rotatable bonds is 5. The van der Waals surface area contributed by atoms with E-state index in [2.05, 4.69) is 26.2 Å². The fourth-order valence-electron chi connectivity index (χ4n) is 1.73. The monoisotopic (exact) mass is 362 g/mol. The number of carbonyl (C=O) groups excluding carboxylic acids is 2. The Balaban J connectivity index is 1.87. The van der Waals surface area contributed by atoms with Gasteiger partial charge in [-0.1, -0.05) is 30.3 Å². The van der Waals surface area contributed by atoms with Crippen molar-refractivity contribution in [3.8, 4) is 0 Å². The van der Waals surface area contributed by atoms with Crippen LogP contribution in [0.2, 0.25) is 0 Å². The second-order valence-corrected chi connectivity index (χ2v) is 5.56. The van der Waals surface area contributed by atoms with E-state index < -0.39 is 12.1 Å². The molecule has 2 aromatic rings. The molecule has 0 aliphatic rings. The first-order valence-electron chi connectivity index (χ1n) is 6.69. The Bertz CT molecular complexity index is 661. The molecule has 1 aromatic carbocycles. The summed E-state index contributed by atoms with van der Waals surface area (Å²) in [5.41, 5.74) is 1.27. The van der Waals surface area contributed by atoms with E-state index in [0.29, 0.717) is 11.0 Å². The van der Waals surface area contributed by atoms with Crippen LogP contribution in [0.25, 0.3) is 0 Å². The maximum Gasteiger partial charge on any atom is 0.340 e. The molecule has 0 aliphatic carbocycles. The molecular formula is C16H15BrN2O3. The summed E-state index contributed by atoms with van der Waals surface area (Å²) in [5.74, 6) is -0.934. The molecule has 6 heteroatoms. The van der Waals surface area contributed by atoms with Crippen LogP contribution >= 0.6 is 15.9 Å². The largest absolute Gasteiger partial charge is 0.449 e. The van der Waals surface area contributed by atoms with Crippen molar-refractivity contribution in [2.75, 3.05) is 0 Å². The number of ether oxygens (including phenoxy) is 1. The van der Waals surface area contributed by atoms with Gasteiger partial charge < -0.3 is 10.1 Å². The molecule has 1 N–H and O–H groups in total. The molecular weight excluding hydrogens is 348 g/mol. The molecule has 1 heterocycles. The molecule has 0 fully saturated rings. The van der Waals surface area contributed by atoms with Crippen molar-refractivity contribution >= 4 is 27.8 Å². The highest BCUT2D eigenvalue weighted by atomic mass is 79.9. The predicted molar refractivity (Wildman–Crippen MR) is 85.1 cm³/mol. The van der Waals surface area contributed by atoms with Gasteiger partial charge in [0, 0.05) is 23.4 Å². The van der Waals surface area contributed by atoms with Gasteiger partial charge in [0.05, 0.1) is 5.56 Å². The van der Waals surface area contributed by atoms with Crippen LogP contribution in [-0.4, -0.2) is 23.0 Å². The first kappa shape index (κ1) is 16.2. The zero-order valence-electron chi connectivity index (χ0n) is 12.0. The molecule has 0 radical (unpaired) electrons. The fraction of sp³-hybridized carbons (Fsp3) is 0.188. The van der Waals surface area contributed by atoms with Crippen molar-refractivity contribution < 1.29 is 14.3 Å². The van der Waals surface area contributed by atoms with E-state index in [4.69, 9.17) is 4.74 Å². The molecule has 1 aromatic heterocycles. The fourth-order valence-corrected chi connectivity index (χ4v) is 2.10. The zero-order valence-corrected chi connectivity index (χ0v) is 13.5. The standard InChI is InChI=1S/C16H15BrN2O3/c1-11(15(20)19-8-12-5-3-2-4-6-12)22-16(21)13-7-14(17)10-18-9-13/h2-7,9-11H,8H2,1H3,(H,19,20)/t11-/m0/s1. The number of hydrogen-bond acceptors (Lipinski definition) is 4. The lowest BCUT2D eigenvalue weighted by molar-refractivity contribution is -0.129. The normalized spacial score (nSPS) is 11.5. The number of pyridine rings is 1. The van der Waals surface area contributed by atoms with Gasteiger partial charge in [-0.05, 0) is 34.5 Å². The highest BCUT2D eigenvalue weighted by molar-refractivity contribution is 9.10. The molecule has 0 unspecified atom stereocenters. The molecule has 1 atom stereocenters. The molecule has 1 amide bonds. The van der Waals surface area contributed by atoms with Gasteiger partial charge in [-0.3, -0.25) is 9.78 Å². The summed E-state index contributed by atoms with van der Waals surface area (Å²) in [6.07, 6.45) is 2.07. The molecule has 0 saturated carbocycles. The van der Waals surface area contributed by atoms with Gasteiger partial charge in [0.25, 0.3) is 5.91 Å². The lowest BCUT2D eigenvalue weighted by Crippen LogP contribution is -2.35. The van der Waals surface area contributed by atoms with Gasteiger partial charge in [-0.2, -0.15) is 0 Å². The van der Waals surface area contributed by atoms with Crippen LogP contribution in [0, 0.1) is 0 Å². The van der Waals surface area contributed by atoms with Crippen LogP contribution in [0.15, 0.2) is 53.3 Å². The molecule has 5 nitrogen and oxygen atoms in total. The number of carbonyl (C=O) groups is 2. The topological polar surface area (TPSA) is 68.3 Å². The molecule has 0 saturated heterocycles. The third kappa shape index (κ3) is 4.66. The van der Waals surface area contributed by atoms with Crippen molar-refractivity contribution in [3.05, 3.63) is 64.4 Å². The van der Waals surface area contributed by atoms with Crippen molar-refractivity contribution in [1.29, 1.82) is 0 Å². The van der Waals surface area contributed by atoms with Crippen molar-refractivity contribution in [1.82, 2.24) is 10.3 Å². The second-order valence-electron chi connectivity index (χ2n) is 4.64. The highest BCUT2D eigenvalue weighted by Gasteiger charge is 2.19. The number of halogens is 1. The molecule has 0 bridgehead atoms. The third-order valence-corrected chi connectivity index (χ3v) is 3.34. The maximum atomic E-state index is 11.9. The van der Waals surface area contributed by atoms with Crippen LogP contribution < -0.4 is 5.32 Å². The quantitative estimate of drug-likeness (QED) is 0.830. The van der Waals surface area contributed by atoms with E-state index in [9.17, 15) is 9.59 Å². The van der Waals surface area contributed by atoms with Crippen molar-refractivity contribution in [3.63, 3.8) is 0 Å². The van der Waals surface area contributed by atoms with Crippen LogP contribution in [-0.2, 0) is 16.1 Å². The summed E-state index contributed by atoms with van der Waals surface area (Å²) >= 11 is 3.23.